The normalized spacial score (nSPS) is 10.9. The van der Waals surface area contributed by atoms with Crippen LogP contribution in [-0.4, -0.2) is 39.0 Å². The Hall–Kier alpha value is -0.870. The Bertz CT molecular complexity index is 341. The van der Waals surface area contributed by atoms with Crippen molar-refractivity contribution in [1.29, 1.82) is 0 Å². The first-order chi connectivity index (χ1) is 13.2. The summed E-state index contributed by atoms with van der Waals surface area (Å²) in [6, 6.07) is 0. The first kappa shape index (κ1) is 26.1. The second kappa shape index (κ2) is 21.4. The maximum absolute atomic E-state index is 11.1. The molecule has 0 unspecified atom stereocenters. The summed E-state index contributed by atoms with van der Waals surface area (Å²) in [4.78, 5) is 11.1. The van der Waals surface area contributed by atoms with Gasteiger partial charge < -0.3 is 14.2 Å². The van der Waals surface area contributed by atoms with E-state index in [1.165, 1.54) is 77.0 Å². The average molecular weight is 385 g/mol. The van der Waals surface area contributed by atoms with E-state index in [4.69, 9.17) is 14.2 Å². The van der Waals surface area contributed by atoms with Crippen LogP contribution in [0.1, 0.15) is 97.3 Å². The van der Waals surface area contributed by atoms with Crippen LogP contribution in [0.3, 0.4) is 0 Å². The van der Waals surface area contributed by atoms with Crippen molar-refractivity contribution in [2.45, 2.75) is 97.3 Å². The van der Waals surface area contributed by atoms with Gasteiger partial charge in [-0.05, 0) is 13.3 Å². The molecule has 160 valence electrons. The highest BCUT2D eigenvalue weighted by Crippen LogP contribution is 2.12. The molecule has 0 fully saturated rings. The van der Waals surface area contributed by atoms with Crippen molar-refractivity contribution in [2.24, 2.45) is 0 Å². The number of carbonyl (C=O) groups is 1. The van der Waals surface area contributed by atoms with Crippen LogP contribution in [0.2, 0.25) is 0 Å². The molecule has 0 aromatic rings. The van der Waals surface area contributed by atoms with Gasteiger partial charge in [0.25, 0.3) is 0 Å². The third-order valence-electron chi connectivity index (χ3n) is 4.57. The number of hydrogen-bond acceptors (Lipinski definition) is 4. The third-order valence-corrected chi connectivity index (χ3v) is 4.57. The van der Waals surface area contributed by atoms with Gasteiger partial charge in [-0.3, -0.25) is 0 Å². The molecule has 0 aliphatic heterocycles. The van der Waals surface area contributed by atoms with Gasteiger partial charge in [0.15, 0.2) is 0 Å². The Morgan fingerprint density at radius 3 is 1.52 bits per heavy atom. The quantitative estimate of drug-likeness (QED) is 0.134. The molecular weight excluding hydrogens is 340 g/mol. The highest BCUT2D eigenvalue weighted by Gasteiger charge is 2.01. The topological polar surface area (TPSA) is 44.8 Å². The molecule has 0 amide bonds. The Balaban J connectivity index is 3.05. The van der Waals surface area contributed by atoms with E-state index in [1.54, 1.807) is 6.92 Å². The summed E-state index contributed by atoms with van der Waals surface area (Å²) < 4.78 is 15.8. The van der Waals surface area contributed by atoms with Gasteiger partial charge >= 0.3 is 5.97 Å². The van der Waals surface area contributed by atoms with E-state index < -0.39 is 0 Å². The molecule has 0 atom stereocenters. The number of unbranched alkanes of at least 4 members (excludes halogenated alkanes) is 12. The zero-order valence-electron chi connectivity index (χ0n) is 18.1. The zero-order valence-corrected chi connectivity index (χ0v) is 18.1. The summed E-state index contributed by atoms with van der Waals surface area (Å²) in [6.07, 6.45) is 17.8. The Morgan fingerprint density at radius 1 is 0.630 bits per heavy atom. The molecule has 0 saturated heterocycles. The maximum atomic E-state index is 11.1. The summed E-state index contributed by atoms with van der Waals surface area (Å²) in [7, 11) is 0. The van der Waals surface area contributed by atoms with E-state index in [9.17, 15) is 4.79 Å². The summed E-state index contributed by atoms with van der Waals surface area (Å²) in [5.74, 6) is -0.364. The molecule has 4 nitrogen and oxygen atoms in total. The molecule has 0 radical (unpaired) electrons. The van der Waals surface area contributed by atoms with Crippen molar-refractivity contribution >= 4 is 5.97 Å². The van der Waals surface area contributed by atoms with Crippen LogP contribution in [0.4, 0.5) is 0 Å². The summed E-state index contributed by atoms with van der Waals surface area (Å²) in [5.41, 5.74) is 0.413. The predicted molar refractivity (Wildman–Crippen MR) is 113 cm³/mol. The number of carbonyl (C=O) groups excluding carboxylic acids is 1. The van der Waals surface area contributed by atoms with E-state index in [-0.39, 0.29) is 12.6 Å². The second-order valence-electron chi connectivity index (χ2n) is 7.38. The fourth-order valence-corrected chi connectivity index (χ4v) is 2.86. The fourth-order valence-electron chi connectivity index (χ4n) is 2.86. The number of rotatable bonds is 21. The van der Waals surface area contributed by atoms with Crippen molar-refractivity contribution in [3.63, 3.8) is 0 Å². The average Bonchev–Trinajstić information content (AvgIpc) is 2.66. The van der Waals surface area contributed by atoms with Gasteiger partial charge in [-0.15, -0.1) is 0 Å². The molecule has 0 aliphatic carbocycles. The van der Waals surface area contributed by atoms with E-state index in [2.05, 4.69) is 13.5 Å². The molecule has 0 aromatic carbocycles. The summed E-state index contributed by atoms with van der Waals surface area (Å²) >= 11 is 0. The van der Waals surface area contributed by atoms with Gasteiger partial charge in [-0.1, -0.05) is 90.6 Å². The van der Waals surface area contributed by atoms with Gasteiger partial charge in [0, 0.05) is 12.2 Å². The molecule has 27 heavy (non-hydrogen) atoms. The third kappa shape index (κ3) is 21.3. The van der Waals surface area contributed by atoms with Gasteiger partial charge in [0.05, 0.1) is 19.8 Å². The summed E-state index contributed by atoms with van der Waals surface area (Å²) in [6.45, 7) is 10.1. The van der Waals surface area contributed by atoms with Crippen molar-refractivity contribution in [3.8, 4) is 0 Å². The molecule has 0 aromatic heterocycles. The van der Waals surface area contributed by atoms with Gasteiger partial charge in [-0.2, -0.15) is 0 Å². The Morgan fingerprint density at radius 2 is 1.04 bits per heavy atom. The van der Waals surface area contributed by atoms with E-state index >= 15 is 0 Å². The molecule has 0 rings (SSSR count). The largest absolute Gasteiger partial charge is 0.460 e. The van der Waals surface area contributed by atoms with Crippen LogP contribution >= 0.6 is 0 Å². The lowest BCUT2D eigenvalue weighted by molar-refractivity contribution is -0.140. The van der Waals surface area contributed by atoms with Crippen LogP contribution in [0.5, 0.6) is 0 Å². The molecular formula is C23H44O4. The Labute approximate surface area is 168 Å². The highest BCUT2D eigenvalue weighted by atomic mass is 16.6. The lowest BCUT2D eigenvalue weighted by Crippen LogP contribution is -2.13. The van der Waals surface area contributed by atoms with E-state index in [0.29, 0.717) is 25.4 Å². The first-order valence-corrected chi connectivity index (χ1v) is 11.2. The van der Waals surface area contributed by atoms with Crippen LogP contribution < -0.4 is 0 Å². The molecule has 0 spiro atoms. The predicted octanol–water partition coefficient (Wildman–Crippen LogP) is 6.23. The molecule has 0 N–H and O–H groups in total. The van der Waals surface area contributed by atoms with E-state index in [1.807, 2.05) is 0 Å². The van der Waals surface area contributed by atoms with Crippen molar-refractivity contribution in [3.05, 3.63) is 12.2 Å². The lowest BCUT2D eigenvalue weighted by atomic mass is 10.0. The van der Waals surface area contributed by atoms with Gasteiger partial charge in [-0.25, -0.2) is 4.79 Å². The second-order valence-corrected chi connectivity index (χ2v) is 7.38. The highest BCUT2D eigenvalue weighted by molar-refractivity contribution is 5.86. The van der Waals surface area contributed by atoms with Crippen LogP contribution in [0.25, 0.3) is 0 Å². The monoisotopic (exact) mass is 384 g/mol. The zero-order chi connectivity index (χ0) is 20.0. The minimum Gasteiger partial charge on any atom is -0.460 e. The van der Waals surface area contributed by atoms with Crippen molar-refractivity contribution < 1.29 is 19.0 Å². The first-order valence-electron chi connectivity index (χ1n) is 11.2. The van der Waals surface area contributed by atoms with Gasteiger partial charge in [0.2, 0.25) is 0 Å². The molecule has 4 heteroatoms. The lowest BCUT2D eigenvalue weighted by Gasteiger charge is -2.07. The summed E-state index contributed by atoms with van der Waals surface area (Å²) in [5, 5.41) is 0. The maximum Gasteiger partial charge on any atom is 0.333 e. The SMILES string of the molecule is C=C(C)C(=O)OCCOCCOCCCCCCCCCCCCCCC. The number of esters is 1. The minimum atomic E-state index is -0.364. The smallest absolute Gasteiger partial charge is 0.333 e. The minimum absolute atomic E-state index is 0.268. The fraction of sp³-hybridized carbons (Fsp3) is 0.870. The number of ether oxygens (including phenoxy) is 3. The molecule has 0 aliphatic rings. The van der Waals surface area contributed by atoms with Crippen molar-refractivity contribution in [1.82, 2.24) is 0 Å². The van der Waals surface area contributed by atoms with Gasteiger partial charge in [0.1, 0.15) is 6.61 Å². The van der Waals surface area contributed by atoms with Crippen LogP contribution in [0, 0.1) is 0 Å². The standard InChI is InChI=1S/C23H44O4/c1-4-5-6-7-8-9-10-11-12-13-14-15-16-17-25-18-19-26-20-21-27-23(24)22(2)3/h2,4-21H2,1,3H3. The van der Waals surface area contributed by atoms with Crippen LogP contribution in [-0.2, 0) is 19.0 Å². The Kier molecular flexibility index (Phi) is 20.7. The molecule has 0 heterocycles. The molecule has 0 saturated carbocycles. The van der Waals surface area contributed by atoms with E-state index in [0.717, 1.165) is 13.0 Å². The number of hydrogen-bond donors (Lipinski definition) is 0. The van der Waals surface area contributed by atoms with Crippen LogP contribution in [0.15, 0.2) is 12.2 Å². The van der Waals surface area contributed by atoms with Crippen molar-refractivity contribution in [2.75, 3.05) is 33.0 Å². The molecule has 0 bridgehead atoms.